The van der Waals surface area contributed by atoms with Gasteiger partial charge in [-0.1, -0.05) is 195 Å². The SMILES string of the molecule is CC(C)CCCCCCCCCCCCCCCOC(=O)c1ccc(C(=O)O)c(C(=O)O)c1C(=O)OCCCCCCCCCCCCCCCC(C)C. The molecule has 0 aliphatic rings. The third-order valence-electron chi connectivity index (χ3n) is 10.4. The summed E-state index contributed by atoms with van der Waals surface area (Å²) >= 11 is 0. The minimum absolute atomic E-state index is 0.0550. The van der Waals surface area contributed by atoms with Crippen molar-refractivity contribution in [2.75, 3.05) is 13.2 Å². The number of carboxylic acid groups (broad SMARTS) is 2. The van der Waals surface area contributed by atoms with Crippen LogP contribution in [0.1, 0.15) is 249 Å². The molecule has 310 valence electrons. The monoisotopic (exact) mass is 759 g/mol. The van der Waals surface area contributed by atoms with Crippen molar-refractivity contribution >= 4 is 23.9 Å². The van der Waals surface area contributed by atoms with Crippen LogP contribution in [0.25, 0.3) is 0 Å². The molecule has 54 heavy (non-hydrogen) atoms. The fourth-order valence-electron chi connectivity index (χ4n) is 7.06. The molecular formula is C46H78O8. The number of benzene rings is 1. The molecule has 2 N–H and O–H groups in total. The summed E-state index contributed by atoms with van der Waals surface area (Å²) in [5, 5.41) is 19.5. The molecule has 0 saturated carbocycles. The van der Waals surface area contributed by atoms with E-state index in [9.17, 15) is 29.4 Å². The standard InChI is InChI=1S/C46H78O8/c1-37(2)31-27-23-19-15-11-7-5-9-13-17-21-25-29-35-53-45(51)40-34-33-39(43(47)48)41(44(49)50)42(40)46(52)54-36-30-26-22-18-14-10-6-8-12-16-20-24-28-32-38(3)4/h33-34,37-38H,5-32,35-36H2,1-4H3,(H,47,48)(H,49,50). The number of hydrogen-bond donors (Lipinski definition) is 2. The first kappa shape index (κ1) is 49.1. The molecule has 0 fully saturated rings. The number of esters is 2. The van der Waals surface area contributed by atoms with E-state index in [1.54, 1.807) is 0 Å². The molecule has 1 aromatic carbocycles. The lowest BCUT2D eigenvalue weighted by Gasteiger charge is -2.14. The zero-order chi connectivity index (χ0) is 39.8. The molecule has 8 heteroatoms. The zero-order valence-electron chi connectivity index (χ0n) is 34.9. The predicted molar refractivity (Wildman–Crippen MR) is 220 cm³/mol. The maximum Gasteiger partial charge on any atom is 0.339 e. The minimum atomic E-state index is -1.62. The van der Waals surface area contributed by atoms with Gasteiger partial charge in [-0.2, -0.15) is 0 Å². The lowest BCUT2D eigenvalue weighted by molar-refractivity contribution is 0.0444. The third kappa shape index (κ3) is 24.5. The molecule has 0 spiro atoms. The highest BCUT2D eigenvalue weighted by Gasteiger charge is 2.31. The Morgan fingerprint density at radius 1 is 0.407 bits per heavy atom. The van der Waals surface area contributed by atoms with Crippen LogP contribution < -0.4 is 0 Å². The van der Waals surface area contributed by atoms with Crippen molar-refractivity contribution in [3.05, 3.63) is 34.4 Å². The van der Waals surface area contributed by atoms with Gasteiger partial charge in [-0.3, -0.25) is 0 Å². The molecule has 0 atom stereocenters. The highest BCUT2D eigenvalue weighted by Crippen LogP contribution is 2.24. The van der Waals surface area contributed by atoms with Gasteiger partial charge in [-0.25, -0.2) is 19.2 Å². The van der Waals surface area contributed by atoms with Gasteiger partial charge in [-0.05, 0) is 36.8 Å². The topological polar surface area (TPSA) is 127 Å². The fraction of sp³-hybridized carbons (Fsp3) is 0.783. The Labute approximate surface area is 328 Å². The van der Waals surface area contributed by atoms with E-state index >= 15 is 0 Å². The van der Waals surface area contributed by atoms with Crippen LogP contribution in [0.2, 0.25) is 0 Å². The summed E-state index contributed by atoms with van der Waals surface area (Å²) in [7, 11) is 0. The van der Waals surface area contributed by atoms with Crippen LogP contribution in [0.3, 0.4) is 0 Å². The summed E-state index contributed by atoms with van der Waals surface area (Å²) in [4.78, 5) is 50.2. The Kier molecular flexibility index (Phi) is 29.4. The van der Waals surface area contributed by atoms with Crippen molar-refractivity contribution in [1.82, 2.24) is 0 Å². The molecule has 0 aromatic heterocycles. The number of unbranched alkanes of at least 4 members (excludes halogenated alkanes) is 24. The molecule has 0 aliphatic carbocycles. The lowest BCUT2D eigenvalue weighted by atomic mass is 9.95. The molecule has 0 radical (unpaired) electrons. The van der Waals surface area contributed by atoms with E-state index in [0.29, 0.717) is 12.8 Å². The summed E-state index contributed by atoms with van der Waals surface area (Å²) in [6.07, 6.45) is 33.5. The predicted octanol–water partition coefficient (Wildman–Crippen LogP) is 13.6. The molecule has 0 saturated heterocycles. The zero-order valence-corrected chi connectivity index (χ0v) is 34.9. The molecule has 0 unspecified atom stereocenters. The molecule has 8 nitrogen and oxygen atoms in total. The van der Waals surface area contributed by atoms with Crippen LogP contribution in [0.5, 0.6) is 0 Å². The minimum Gasteiger partial charge on any atom is -0.478 e. The van der Waals surface area contributed by atoms with Gasteiger partial charge in [0.25, 0.3) is 0 Å². The maximum absolute atomic E-state index is 13.2. The third-order valence-corrected chi connectivity index (χ3v) is 10.4. The second kappa shape index (κ2) is 32.4. The summed E-state index contributed by atoms with van der Waals surface area (Å²) in [5.41, 5.74) is -2.18. The smallest absolute Gasteiger partial charge is 0.339 e. The second-order valence-corrected chi connectivity index (χ2v) is 16.4. The average Bonchev–Trinajstić information content (AvgIpc) is 3.13. The Bertz CT molecular complexity index is 1160. The number of ether oxygens (including phenoxy) is 2. The summed E-state index contributed by atoms with van der Waals surface area (Å²) < 4.78 is 10.8. The van der Waals surface area contributed by atoms with E-state index in [2.05, 4.69) is 27.7 Å². The number of aromatic carboxylic acids is 2. The Hall–Kier alpha value is -2.90. The van der Waals surface area contributed by atoms with Gasteiger partial charge in [0.1, 0.15) is 0 Å². The van der Waals surface area contributed by atoms with Gasteiger partial charge in [0, 0.05) is 0 Å². The van der Waals surface area contributed by atoms with Crippen LogP contribution in [-0.4, -0.2) is 47.3 Å². The number of hydrogen-bond acceptors (Lipinski definition) is 6. The molecule has 1 aromatic rings. The van der Waals surface area contributed by atoms with Crippen molar-refractivity contribution in [2.45, 2.75) is 207 Å². The first-order chi connectivity index (χ1) is 26.1. The molecule has 0 aliphatic heterocycles. The van der Waals surface area contributed by atoms with Gasteiger partial charge in [0.2, 0.25) is 0 Å². The number of carbonyl (C=O) groups excluding carboxylic acids is 2. The summed E-state index contributed by atoms with van der Waals surface area (Å²) in [6, 6.07) is 2.18. The van der Waals surface area contributed by atoms with E-state index in [-0.39, 0.29) is 18.8 Å². The highest BCUT2D eigenvalue weighted by molar-refractivity contribution is 6.14. The van der Waals surface area contributed by atoms with Gasteiger partial charge >= 0.3 is 23.9 Å². The fourth-order valence-corrected chi connectivity index (χ4v) is 7.06. The van der Waals surface area contributed by atoms with Crippen molar-refractivity contribution < 1.29 is 38.9 Å². The van der Waals surface area contributed by atoms with Gasteiger partial charge in [-0.15, -0.1) is 0 Å². The lowest BCUT2D eigenvalue weighted by Crippen LogP contribution is -2.22. The Balaban J connectivity index is 2.36. The van der Waals surface area contributed by atoms with E-state index < -0.39 is 40.6 Å². The molecule has 0 amide bonds. The van der Waals surface area contributed by atoms with Gasteiger partial charge in [0.05, 0.1) is 35.5 Å². The van der Waals surface area contributed by atoms with Crippen molar-refractivity contribution in [1.29, 1.82) is 0 Å². The van der Waals surface area contributed by atoms with Crippen LogP contribution in [0.15, 0.2) is 12.1 Å². The van der Waals surface area contributed by atoms with Crippen LogP contribution in [0.4, 0.5) is 0 Å². The van der Waals surface area contributed by atoms with Gasteiger partial charge < -0.3 is 19.7 Å². The maximum atomic E-state index is 13.2. The molecule has 0 bridgehead atoms. The van der Waals surface area contributed by atoms with E-state index in [1.165, 1.54) is 128 Å². The first-order valence-corrected chi connectivity index (χ1v) is 22.0. The summed E-state index contributed by atoms with van der Waals surface area (Å²) in [6.45, 7) is 9.34. The Morgan fingerprint density at radius 2 is 0.704 bits per heavy atom. The highest BCUT2D eigenvalue weighted by atomic mass is 16.5. The second-order valence-electron chi connectivity index (χ2n) is 16.4. The van der Waals surface area contributed by atoms with E-state index in [0.717, 1.165) is 62.5 Å². The quantitative estimate of drug-likeness (QED) is 0.0511. The first-order valence-electron chi connectivity index (χ1n) is 22.0. The van der Waals surface area contributed by atoms with E-state index in [4.69, 9.17) is 9.47 Å². The largest absolute Gasteiger partial charge is 0.478 e. The normalized spacial score (nSPS) is 11.4. The molecule has 1 rings (SSSR count). The van der Waals surface area contributed by atoms with Crippen molar-refractivity contribution in [2.24, 2.45) is 11.8 Å². The summed E-state index contributed by atoms with van der Waals surface area (Å²) in [5.74, 6) is -3.39. The number of carboxylic acids is 2. The molecule has 0 heterocycles. The van der Waals surface area contributed by atoms with Crippen LogP contribution in [0, 0.1) is 11.8 Å². The van der Waals surface area contributed by atoms with Crippen molar-refractivity contribution in [3.63, 3.8) is 0 Å². The van der Waals surface area contributed by atoms with Gasteiger partial charge in [0.15, 0.2) is 0 Å². The Morgan fingerprint density at radius 3 is 1.02 bits per heavy atom. The van der Waals surface area contributed by atoms with E-state index in [1.807, 2.05) is 0 Å². The van der Waals surface area contributed by atoms with Crippen LogP contribution >= 0.6 is 0 Å². The van der Waals surface area contributed by atoms with Crippen molar-refractivity contribution in [3.8, 4) is 0 Å². The molecular weight excluding hydrogens is 680 g/mol. The number of rotatable bonds is 36. The average molecular weight is 759 g/mol. The number of carbonyl (C=O) groups is 4. The van der Waals surface area contributed by atoms with Crippen LogP contribution in [-0.2, 0) is 9.47 Å².